The van der Waals surface area contributed by atoms with Crippen LogP contribution in [-0.2, 0) is 17.6 Å². The van der Waals surface area contributed by atoms with E-state index in [1.165, 1.54) is 17.6 Å². The van der Waals surface area contributed by atoms with Gasteiger partial charge in [-0.3, -0.25) is 0 Å². The van der Waals surface area contributed by atoms with Gasteiger partial charge in [0.25, 0.3) is 0 Å². The second-order valence-electron chi connectivity index (χ2n) is 6.09. The lowest BCUT2D eigenvalue weighted by molar-refractivity contribution is 0.0601. The highest BCUT2D eigenvalue weighted by Gasteiger charge is 2.26. The van der Waals surface area contributed by atoms with E-state index in [-0.39, 0.29) is 5.97 Å². The summed E-state index contributed by atoms with van der Waals surface area (Å²) in [5.74, 6) is 0.494. The molecule has 0 radical (unpaired) electrons. The summed E-state index contributed by atoms with van der Waals surface area (Å²) in [6, 6.07) is 11.1. The lowest BCUT2D eigenvalue weighted by atomic mass is 9.93. The van der Waals surface area contributed by atoms with Crippen LogP contribution in [0.5, 0.6) is 5.75 Å². The topological polar surface area (TPSA) is 60.5 Å². The molecule has 2 aromatic carbocycles. The fourth-order valence-electron chi connectivity index (χ4n) is 3.21. The number of hydrogen-bond acceptors (Lipinski definition) is 6. The van der Waals surface area contributed by atoms with Gasteiger partial charge in [-0.25, -0.2) is 9.78 Å². The Hall–Kier alpha value is -2.38. The Labute approximate surface area is 169 Å². The summed E-state index contributed by atoms with van der Waals surface area (Å²) >= 11 is 5.30. The molecule has 138 valence electrons. The molecule has 0 saturated heterocycles. The Kier molecular flexibility index (Phi) is 4.88. The third-order valence-electron chi connectivity index (χ3n) is 4.53. The van der Waals surface area contributed by atoms with Crippen LogP contribution in [0, 0.1) is 0 Å². The second-order valence-corrected chi connectivity index (χ2v) is 8.03. The van der Waals surface area contributed by atoms with Crippen molar-refractivity contribution in [3.63, 3.8) is 0 Å². The number of aromatic nitrogens is 1. The van der Waals surface area contributed by atoms with E-state index in [9.17, 15) is 4.79 Å². The van der Waals surface area contributed by atoms with Gasteiger partial charge in [-0.2, -0.15) is 0 Å². The molecule has 1 aromatic heterocycles. The highest BCUT2D eigenvalue weighted by Crippen LogP contribution is 2.45. The van der Waals surface area contributed by atoms with E-state index in [0.29, 0.717) is 5.56 Å². The van der Waals surface area contributed by atoms with Crippen LogP contribution in [-0.4, -0.2) is 25.2 Å². The highest BCUT2D eigenvalue weighted by molar-refractivity contribution is 9.10. The van der Waals surface area contributed by atoms with Gasteiger partial charge in [-0.05, 0) is 54.8 Å². The maximum atomic E-state index is 11.6. The summed E-state index contributed by atoms with van der Waals surface area (Å²) in [6.45, 7) is 0. The molecule has 0 atom stereocenters. The molecule has 0 bridgehead atoms. The van der Waals surface area contributed by atoms with Crippen LogP contribution in [0.15, 0.2) is 40.9 Å². The van der Waals surface area contributed by atoms with Crippen molar-refractivity contribution in [2.24, 2.45) is 0 Å². The number of halogens is 1. The molecule has 0 fully saturated rings. The van der Waals surface area contributed by atoms with Crippen molar-refractivity contribution in [1.29, 1.82) is 0 Å². The molecule has 0 unspecified atom stereocenters. The van der Waals surface area contributed by atoms with Crippen molar-refractivity contribution in [3.05, 3.63) is 56.9 Å². The third-order valence-corrected chi connectivity index (χ3v) is 6.30. The molecule has 1 aliphatic rings. The minimum atomic E-state index is -0.347. The molecule has 0 spiro atoms. The van der Waals surface area contributed by atoms with Crippen molar-refractivity contribution in [2.75, 3.05) is 19.5 Å². The number of rotatable bonds is 4. The number of methoxy groups -OCH3 is 2. The van der Waals surface area contributed by atoms with Crippen molar-refractivity contribution >= 4 is 44.1 Å². The van der Waals surface area contributed by atoms with E-state index in [1.54, 1.807) is 30.6 Å². The molecule has 7 heteroatoms. The van der Waals surface area contributed by atoms with Crippen molar-refractivity contribution < 1.29 is 14.3 Å². The molecule has 0 aliphatic heterocycles. The van der Waals surface area contributed by atoms with Gasteiger partial charge in [0.2, 0.25) is 0 Å². The summed E-state index contributed by atoms with van der Waals surface area (Å²) < 4.78 is 11.4. The number of ether oxygens (including phenoxy) is 2. The summed E-state index contributed by atoms with van der Waals surface area (Å²) in [5, 5.41) is 4.15. The van der Waals surface area contributed by atoms with Crippen LogP contribution in [0.4, 0.5) is 10.8 Å². The zero-order chi connectivity index (χ0) is 19.0. The smallest absolute Gasteiger partial charge is 0.337 e. The minimum absolute atomic E-state index is 0.347. The summed E-state index contributed by atoms with van der Waals surface area (Å²) in [5.41, 5.74) is 4.67. The molecule has 4 rings (SSSR count). The Morgan fingerprint density at radius 3 is 2.63 bits per heavy atom. The number of hydrogen-bond donors (Lipinski definition) is 1. The van der Waals surface area contributed by atoms with Gasteiger partial charge in [0, 0.05) is 20.6 Å². The van der Waals surface area contributed by atoms with Crippen LogP contribution < -0.4 is 10.1 Å². The highest BCUT2D eigenvalue weighted by atomic mass is 79.9. The predicted octanol–water partition coefficient (Wildman–Crippen LogP) is 5.21. The number of carbonyl (C=O) groups is 1. The third kappa shape index (κ3) is 3.33. The second kappa shape index (κ2) is 7.32. The van der Waals surface area contributed by atoms with Crippen molar-refractivity contribution in [2.45, 2.75) is 12.8 Å². The van der Waals surface area contributed by atoms with E-state index < -0.39 is 0 Å². The number of fused-ring (bicyclic) bond motifs is 3. The minimum Gasteiger partial charge on any atom is -0.496 e. The van der Waals surface area contributed by atoms with Crippen LogP contribution in [0.3, 0.4) is 0 Å². The van der Waals surface area contributed by atoms with Crippen LogP contribution >= 0.6 is 27.3 Å². The van der Waals surface area contributed by atoms with Gasteiger partial charge >= 0.3 is 5.97 Å². The average molecular weight is 445 g/mol. The largest absolute Gasteiger partial charge is 0.496 e. The van der Waals surface area contributed by atoms with E-state index in [2.05, 4.69) is 21.2 Å². The summed E-state index contributed by atoms with van der Waals surface area (Å²) in [6.07, 6.45) is 1.91. The number of benzene rings is 2. The van der Waals surface area contributed by atoms with Gasteiger partial charge in [-0.1, -0.05) is 15.9 Å². The molecule has 5 nitrogen and oxygen atoms in total. The first kappa shape index (κ1) is 18.0. The first-order chi connectivity index (χ1) is 13.1. The first-order valence-electron chi connectivity index (χ1n) is 8.41. The maximum Gasteiger partial charge on any atom is 0.337 e. The Balaban J connectivity index is 1.66. The van der Waals surface area contributed by atoms with Crippen LogP contribution in [0.1, 0.15) is 20.8 Å². The zero-order valence-electron chi connectivity index (χ0n) is 14.8. The SMILES string of the molecule is COC(=O)c1ccc(Nc2nc3c(s2)CCc2c(Br)ccc(OC)c2-3)cc1. The summed E-state index contributed by atoms with van der Waals surface area (Å²) in [4.78, 5) is 17.6. The molecule has 27 heavy (non-hydrogen) atoms. The normalized spacial score (nSPS) is 12.1. The van der Waals surface area contributed by atoms with E-state index >= 15 is 0 Å². The lowest BCUT2D eigenvalue weighted by Crippen LogP contribution is -2.05. The Bertz CT molecular complexity index is 1010. The first-order valence-corrected chi connectivity index (χ1v) is 10.0. The van der Waals surface area contributed by atoms with Gasteiger partial charge in [-0.15, -0.1) is 11.3 Å². The number of esters is 1. The predicted molar refractivity (Wildman–Crippen MR) is 110 cm³/mol. The summed E-state index contributed by atoms with van der Waals surface area (Å²) in [7, 11) is 3.06. The van der Waals surface area contributed by atoms with Crippen LogP contribution in [0.25, 0.3) is 11.3 Å². The Morgan fingerprint density at radius 2 is 1.93 bits per heavy atom. The molecular formula is C20H17BrN2O3S. The van der Waals surface area contributed by atoms with Gasteiger partial charge in [0.15, 0.2) is 5.13 Å². The molecule has 3 aromatic rings. The van der Waals surface area contributed by atoms with E-state index in [0.717, 1.165) is 45.1 Å². The monoisotopic (exact) mass is 444 g/mol. The zero-order valence-corrected chi connectivity index (χ0v) is 17.2. The molecular weight excluding hydrogens is 428 g/mol. The number of aryl methyl sites for hydroxylation is 1. The number of nitrogens with zero attached hydrogens (tertiary/aromatic N) is 1. The molecule has 0 amide bonds. The fraction of sp³-hybridized carbons (Fsp3) is 0.200. The number of thiazole rings is 1. The van der Waals surface area contributed by atoms with Gasteiger partial charge in [0.05, 0.1) is 25.5 Å². The number of anilines is 2. The maximum absolute atomic E-state index is 11.6. The van der Waals surface area contributed by atoms with Gasteiger partial charge < -0.3 is 14.8 Å². The van der Waals surface area contributed by atoms with Gasteiger partial charge in [0.1, 0.15) is 5.75 Å². The fourth-order valence-corrected chi connectivity index (χ4v) is 4.73. The standard InChI is InChI=1S/C20H17BrN2O3S/c1-25-15-9-8-14(21)13-7-10-16-18(17(13)15)23-20(27-16)22-12-5-3-11(4-6-12)19(24)26-2/h3-6,8-9H,7,10H2,1-2H3,(H,22,23). The van der Waals surface area contributed by atoms with E-state index in [1.807, 2.05) is 24.3 Å². The lowest BCUT2D eigenvalue weighted by Gasteiger charge is -2.19. The number of nitrogens with one attached hydrogen (secondary N) is 1. The molecule has 1 heterocycles. The molecule has 1 aliphatic carbocycles. The molecule has 1 N–H and O–H groups in total. The quantitative estimate of drug-likeness (QED) is 0.559. The van der Waals surface area contributed by atoms with Crippen LogP contribution in [0.2, 0.25) is 0 Å². The van der Waals surface area contributed by atoms with Crippen molar-refractivity contribution in [3.8, 4) is 17.0 Å². The Morgan fingerprint density at radius 1 is 1.15 bits per heavy atom. The van der Waals surface area contributed by atoms with E-state index in [4.69, 9.17) is 14.5 Å². The number of carbonyl (C=O) groups excluding carboxylic acids is 1. The average Bonchev–Trinajstić information content (AvgIpc) is 3.11. The van der Waals surface area contributed by atoms with Crippen molar-refractivity contribution in [1.82, 2.24) is 4.98 Å². The molecule has 0 saturated carbocycles.